The van der Waals surface area contributed by atoms with Crippen molar-refractivity contribution in [3.8, 4) is 0 Å². The van der Waals surface area contributed by atoms with Gasteiger partial charge < -0.3 is 14.4 Å². The minimum atomic E-state index is -0.617. The van der Waals surface area contributed by atoms with E-state index >= 15 is 0 Å². The molecule has 15 heavy (non-hydrogen) atoms. The summed E-state index contributed by atoms with van der Waals surface area (Å²) in [4.78, 5) is 24.1. The molecule has 0 amide bonds. The Hall–Kier alpha value is -1.36. The van der Waals surface area contributed by atoms with E-state index < -0.39 is 5.97 Å². The summed E-state index contributed by atoms with van der Waals surface area (Å²) >= 11 is 0. The average molecular weight is 215 g/mol. The molecule has 5 heteroatoms. The molecule has 0 atom stereocenters. The van der Waals surface area contributed by atoms with Crippen molar-refractivity contribution in [1.29, 1.82) is 0 Å². The van der Waals surface area contributed by atoms with Crippen molar-refractivity contribution in [3.63, 3.8) is 0 Å². The van der Waals surface area contributed by atoms with Gasteiger partial charge in [-0.25, -0.2) is 4.79 Å². The van der Waals surface area contributed by atoms with E-state index in [0.717, 1.165) is 0 Å². The Bertz CT molecular complexity index is 258. The Balaban J connectivity index is 4.38. The Morgan fingerprint density at radius 1 is 1.27 bits per heavy atom. The zero-order valence-corrected chi connectivity index (χ0v) is 9.57. The standard InChI is InChI=1S/C10H17NO4/c1-8(12)9(7-11(2)3)10(13)15-6-5-14-4/h7H,5-6H2,1-4H3/b9-7+. The normalized spacial score (nSPS) is 11.1. The molecule has 0 aromatic heterocycles. The minimum Gasteiger partial charge on any atom is -0.460 e. The number of ether oxygens (including phenoxy) is 2. The van der Waals surface area contributed by atoms with E-state index in [0.29, 0.717) is 6.61 Å². The lowest BCUT2D eigenvalue weighted by Gasteiger charge is -2.09. The van der Waals surface area contributed by atoms with Crippen LogP contribution in [0.25, 0.3) is 0 Å². The van der Waals surface area contributed by atoms with Crippen molar-refractivity contribution in [1.82, 2.24) is 4.90 Å². The Labute approximate surface area is 89.6 Å². The number of esters is 1. The van der Waals surface area contributed by atoms with Gasteiger partial charge >= 0.3 is 5.97 Å². The first-order valence-corrected chi connectivity index (χ1v) is 4.54. The average Bonchev–Trinajstić information content (AvgIpc) is 2.13. The summed E-state index contributed by atoms with van der Waals surface area (Å²) in [5, 5.41) is 0. The summed E-state index contributed by atoms with van der Waals surface area (Å²) in [6, 6.07) is 0. The van der Waals surface area contributed by atoms with Gasteiger partial charge in [0.05, 0.1) is 6.61 Å². The summed E-state index contributed by atoms with van der Waals surface area (Å²) in [6.45, 7) is 1.79. The summed E-state index contributed by atoms with van der Waals surface area (Å²) in [5.41, 5.74) is 0.0381. The number of carbonyl (C=O) groups excluding carboxylic acids is 2. The second-order valence-electron chi connectivity index (χ2n) is 3.19. The number of Topliss-reactive ketones (excluding diaryl/α,β-unsaturated/α-hetero) is 1. The Morgan fingerprint density at radius 2 is 1.87 bits per heavy atom. The molecule has 0 aromatic rings. The molecule has 0 bridgehead atoms. The van der Waals surface area contributed by atoms with Crippen LogP contribution in [0.5, 0.6) is 0 Å². The van der Waals surface area contributed by atoms with Crippen LogP contribution in [0, 0.1) is 0 Å². The van der Waals surface area contributed by atoms with Crippen molar-refractivity contribution >= 4 is 11.8 Å². The first-order valence-electron chi connectivity index (χ1n) is 4.54. The monoisotopic (exact) mass is 215 g/mol. The second kappa shape index (κ2) is 7.00. The summed E-state index contributed by atoms with van der Waals surface area (Å²) < 4.78 is 9.55. The van der Waals surface area contributed by atoms with Crippen molar-refractivity contribution in [2.75, 3.05) is 34.4 Å². The van der Waals surface area contributed by atoms with Gasteiger partial charge in [0, 0.05) is 27.4 Å². The van der Waals surface area contributed by atoms with Crippen LogP contribution in [-0.4, -0.2) is 51.1 Å². The van der Waals surface area contributed by atoms with Crippen molar-refractivity contribution < 1.29 is 19.1 Å². The zero-order valence-electron chi connectivity index (χ0n) is 9.57. The van der Waals surface area contributed by atoms with Gasteiger partial charge in [-0.1, -0.05) is 0 Å². The van der Waals surface area contributed by atoms with E-state index in [1.165, 1.54) is 20.2 Å². The molecule has 0 unspecified atom stereocenters. The van der Waals surface area contributed by atoms with Crippen LogP contribution in [0.15, 0.2) is 11.8 Å². The highest BCUT2D eigenvalue weighted by Gasteiger charge is 2.16. The maximum Gasteiger partial charge on any atom is 0.343 e. The first kappa shape index (κ1) is 13.6. The third kappa shape index (κ3) is 5.85. The first-order chi connectivity index (χ1) is 6.99. The van der Waals surface area contributed by atoms with Gasteiger partial charge in [-0.3, -0.25) is 4.79 Å². The molecule has 0 spiro atoms. The SMILES string of the molecule is COCCOC(=O)/C(=C/N(C)C)C(C)=O. The number of rotatable bonds is 6. The number of hydrogen-bond acceptors (Lipinski definition) is 5. The highest BCUT2D eigenvalue weighted by Crippen LogP contribution is 2.01. The Kier molecular flexibility index (Phi) is 6.37. The van der Waals surface area contributed by atoms with Gasteiger partial charge in [-0.2, -0.15) is 0 Å². The van der Waals surface area contributed by atoms with Crippen LogP contribution < -0.4 is 0 Å². The highest BCUT2D eigenvalue weighted by atomic mass is 16.6. The molecule has 0 aliphatic heterocycles. The predicted molar refractivity (Wildman–Crippen MR) is 55.3 cm³/mol. The van der Waals surface area contributed by atoms with Crippen molar-refractivity contribution in [2.24, 2.45) is 0 Å². The fourth-order valence-electron chi connectivity index (χ4n) is 0.841. The lowest BCUT2D eigenvalue weighted by atomic mass is 10.2. The lowest BCUT2D eigenvalue weighted by Crippen LogP contribution is -2.19. The third-order valence-electron chi connectivity index (χ3n) is 1.51. The second-order valence-corrected chi connectivity index (χ2v) is 3.19. The molecular weight excluding hydrogens is 198 g/mol. The molecule has 0 aliphatic carbocycles. The van der Waals surface area contributed by atoms with Crippen LogP contribution in [0.4, 0.5) is 0 Å². The maximum atomic E-state index is 11.4. The topological polar surface area (TPSA) is 55.8 Å². The van der Waals surface area contributed by atoms with E-state index in [1.54, 1.807) is 19.0 Å². The Morgan fingerprint density at radius 3 is 2.27 bits per heavy atom. The molecule has 86 valence electrons. The van der Waals surface area contributed by atoms with Crippen LogP contribution in [-0.2, 0) is 19.1 Å². The molecule has 0 heterocycles. The van der Waals surface area contributed by atoms with E-state index in [9.17, 15) is 9.59 Å². The molecular formula is C10H17NO4. The van der Waals surface area contributed by atoms with Crippen LogP contribution in [0.1, 0.15) is 6.92 Å². The van der Waals surface area contributed by atoms with E-state index in [2.05, 4.69) is 0 Å². The smallest absolute Gasteiger partial charge is 0.343 e. The van der Waals surface area contributed by atoms with Gasteiger partial charge in [0.15, 0.2) is 5.78 Å². The van der Waals surface area contributed by atoms with E-state index in [-0.39, 0.29) is 18.0 Å². The number of methoxy groups -OCH3 is 1. The minimum absolute atomic E-state index is 0.0381. The maximum absolute atomic E-state index is 11.4. The molecule has 0 rings (SSSR count). The van der Waals surface area contributed by atoms with Crippen molar-refractivity contribution in [3.05, 3.63) is 11.8 Å². The van der Waals surface area contributed by atoms with Gasteiger partial charge in [0.25, 0.3) is 0 Å². The highest BCUT2D eigenvalue weighted by molar-refractivity contribution is 6.16. The molecule has 0 radical (unpaired) electrons. The van der Waals surface area contributed by atoms with Crippen molar-refractivity contribution in [2.45, 2.75) is 6.92 Å². The predicted octanol–water partition coefficient (Wildman–Crippen LogP) is 0.210. The number of carbonyl (C=O) groups is 2. The number of hydrogen-bond donors (Lipinski definition) is 0. The molecule has 5 nitrogen and oxygen atoms in total. The summed E-state index contributed by atoms with van der Waals surface area (Å²) in [5.74, 6) is -0.931. The van der Waals surface area contributed by atoms with Gasteiger partial charge in [0.2, 0.25) is 0 Å². The summed E-state index contributed by atoms with van der Waals surface area (Å²) in [7, 11) is 4.96. The molecule has 0 N–H and O–H groups in total. The molecule has 0 aliphatic rings. The number of ketones is 1. The zero-order chi connectivity index (χ0) is 11.8. The van der Waals surface area contributed by atoms with Gasteiger partial charge in [0.1, 0.15) is 12.2 Å². The molecule has 0 saturated carbocycles. The third-order valence-corrected chi connectivity index (χ3v) is 1.51. The van der Waals surface area contributed by atoms with Gasteiger partial charge in [-0.05, 0) is 6.92 Å². The van der Waals surface area contributed by atoms with Crippen LogP contribution >= 0.6 is 0 Å². The van der Waals surface area contributed by atoms with E-state index in [4.69, 9.17) is 9.47 Å². The fraction of sp³-hybridized carbons (Fsp3) is 0.600. The molecule has 0 saturated heterocycles. The van der Waals surface area contributed by atoms with E-state index in [1.807, 2.05) is 0 Å². The van der Waals surface area contributed by atoms with Crippen LogP contribution in [0.2, 0.25) is 0 Å². The fourth-order valence-corrected chi connectivity index (χ4v) is 0.841. The quantitative estimate of drug-likeness (QED) is 0.208. The largest absolute Gasteiger partial charge is 0.460 e. The van der Waals surface area contributed by atoms with Gasteiger partial charge in [-0.15, -0.1) is 0 Å². The van der Waals surface area contributed by atoms with Crippen LogP contribution in [0.3, 0.4) is 0 Å². The number of nitrogens with zero attached hydrogens (tertiary/aromatic N) is 1. The molecule has 0 aromatic carbocycles. The lowest BCUT2D eigenvalue weighted by molar-refractivity contribution is -0.141. The summed E-state index contributed by atoms with van der Waals surface area (Å²) in [6.07, 6.45) is 1.44. The molecule has 0 fully saturated rings.